The molecule has 0 aliphatic heterocycles. The summed E-state index contributed by atoms with van der Waals surface area (Å²) in [5.41, 5.74) is 6.56. The van der Waals surface area contributed by atoms with Crippen LogP contribution in [0, 0.1) is 0 Å². The van der Waals surface area contributed by atoms with Crippen molar-refractivity contribution in [2.75, 3.05) is 20.2 Å². The number of methoxy groups -OCH3 is 1. The molecule has 0 saturated heterocycles. The molecule has 0 fully saturated rings. The zero-order valence-electron chi connectivity index (χ0n) is 12.5. The van der Waals surface area contributed by atoms with Gasteiger partial charge in [0.15, 0.2) is 5.96 Å². The first-order valence-electron chi connectivity index (χ1n) is 7.07. The zero-order chi connectivity index (χ0) is 15.8. The van der Waals surface area contributed by atoms with Crippen LogP contribution in [0.15, 0.2) is 46.8 Å². The van der Waals surface area contributed by atoms with E-state index in [9.17, 15) is 5.11 Å². The van der Waals surface area contributed by atoms with Crippen LogP contribution in [0.1, 0.15) is 16.5 Å². The second-order valence-corrected chi connectivity index (χ2v) is 5.81. The van der Waals surface area contributed by atoms with Gasteiger partial charge in [-0.05, 0) is 35.6 Å². The summed E-state index contributed by atoms with van der Waals surface area (Å²) in [6, 6.07) is 11.4. The number of guanidine groups is 1. The van der Waals surface area contributed by atoms with Gasteiger partial charge in [-0.25, -0.2) is 0 Å². The molecule has 2 aromatic rings. The summed E-state index contributed by atoms with van der Waals surface area (Å²) in [6.45, 7) is 0.941. The summed E-state index contributed by atoms with van der Waals surface area (Å²) in [4.78, 5) is 5.47. The smallest absolute Gasteiger partial charge is 0.188 e. The number of aliphatic hydroxyl groups is 1. The minimum absolute atomic E-state index is 0.213. The van der Waals surface area contributed by atoms with E-state index in [0.29, 0.717) is 11.7 Å². The molecule has 4 N–H and O–H groups in total. The predicted molar refractivity (Wildman–Crippen MR) is 90.5 cm³/mol. The van der Waals surface area contributed by atoms with Crippen molar-refractivity contribution in [3.05, 3.63) is 52.2 Å². The van der Waals surface area contributed by atoms with Crippen LogP contribution in [0.2, 0.25) is 0 Å². The fourth-order valence-corrected chi connectivity index (χ4v) is 2.67. The Kier molecular flexibility index (Phi) is 6.24. The van der Waals surface area contributed by atoms with Gasteiger partial charge in [-0.1, -0.05) is 18.2 Å². The topological polar surface area (TPSA) is 79.9 Å². The molecule has 1 unspecified atom stereocenters. The number of aliphatic hydroxyl groups excluding tert-OH is 1. The molecule has 1 aromatic carbocycles. The third-order valence-electron chi connectivity index (χ3n) is 3.17. The Hall–Kier alpha value is -2.05. The standard InChI is InChI=1S/C16H21N3O2S/c1-21-13-5-2-4-12(10-13)15(20)11-19-16(17)18-8-7-14-6-3-9-22-14/h2-6,9-10,15,20H,7-8,11H2,1H3,(H3,17,18,19). The SMILES string of the molecule is COc1cccc(C(O)CN=C(N)NCCc2cccs2)c1. The van der Waals surface area contributed by atoms with Crippen molar-refractivity contribution in [2.45, 2.75) is 12.5 Å². The van der Waals surface area contributed by atoms with E-state index in [4.69, 9.17) is 10.5 Å². The van der Waals surface area contributed by atoms with Crippen molar-refractivity contribution < 1.29 is 9.84 Å². The molecule has 0 aliphatic rings. The van der Waals surface area contributed by atoms with E-state index in [1.165, 1.54) is 4.88 Å². The first-order chi connectivity index (χ1) is 10.7. The summed E-state index contributed by atoms with van der Waals surface area (Å²) in [5.74, 6) is 1.06. The maximum atomic E-state index is 10.1. The van der Waals surface area contributed by atoms with E-state index in [-0.39, 0.29) is 6.54 Å². The van der Waals surface area contributed by atoms with Gasteiger partial charge in [-0.15, -0.1) is 11.3 Å². The molecule has 22 heavy (non-hydrogen) atoms. The lowest BCUT2D eigenvalue weighted by Gasteiger charge is -2.11. The molecule has 0 radical (unpaired) electrons. The van der Waals surface area contributed by atoms with E-state index in [0.717, 1.165) is 18.5 Å². The second-order valence-electron chi connectivity index (χ2n) is 4.77. The Morgan fingerprint density at radius 1 is 1.41 bits per heavy atom. The van der Waals surface area contributed by atoms with Crippen LogP contribution >= 0.6 is 11.3 Å². The van der Waals surface area contributed by atoms with Gasteiger partial charge >= 0.3 is 0 Å². The van der Waals surface area contributed by atoms with Crippen LogP contribution in [-0.2, 0) is 6.42 Å². The van der Waals surface area contributed by atoms with Gasteiger partial charge in [0.25, 0.3) is 0 Å². The van der Waals surface area contributed by atoms with Crippen molar-refractivity contribution >= 4 is 17.3 Å². The van der Waals surface area contributed by atoms with Crippen molar-refractivity contribution in [1.29, 1.82) is 0 Å². The number of hydrogen-bond acceptors (Lipinski definition) is 4. The number of hydrogen-bond donors (Lipinski definition) is 3. The monoisotopic (exact) mass is 319 g/mol. The fraction of sp³-hybridized carbons (Fsp3) is 0.312. The van der Waals surface area contributed by atoms with Crippen molar-refractivity contribution in [3.8, 4) is 5.75 Å². The van der Waals surface area contributed by atoms with Gasteiger partial charge in [0.1, 0.15) is 5.75 Å². The zero-order valence-corrected chi connectivity index (χ0v) is 13.3. The lowest BCUT2D eigenvalue weighted by molar-refractivity contribution is 0.186. The molecular weight excluding hydrogens is 298 g/mol. The van der Waals surface area contributed by atoms with E-state index in [1.54, 1.807) is 24.5 Å². The van der Waals surface area contributed by atoms with E-state index in [2.05, 4.69) is 21.8 Å². The number of nitrogens with one attached hydrogen (secondary N) is 1. The fourth-order valence-electron chi connectivity index (χ4n) is 1.96. The Balaban J connectivity index is 1.79. The molecule has 2 rings (SSSR count). The average Bonchev–Trinajstić information content (AvgIpc) is 3.06. The molecule has 1 aromatic heterocycles. The van der Waals surface area contributed by atoms with Gasteiger partial charge in [0, 0.05) is 11.4 Å². The minimum Gasteiger partial charge on any atom is -0.497 e. The molecule has 0 aliphatic carbocycles. The second kappa shape index (κ2) is 8.41. The van der Waals surface area contributed by atoms with Crippen LogP contribution in [0.25, 0.3) is 0 Å². The molecule has 118 valence electrons. The lowest BCUT2D eigenvalue weighted by Crippen LogP contribution is -2.33. The van der Waals surface area contributed by atoms with Gasteiger partial charge in [-0.2, -0.15) is 0 Å². The highest BCUT2D eigenvalue weighted by molar-refractivity contribution is 7.09. The average molecular weight is 319 g/mol. The van der Waals surface area contributed by atoms with E-state index in [1.807, 2.05) is 24.3 Å². The van der Waals surface area contributed by atoms with Gasteiger partial charge in [0.2, 0.25) is 0 Å². The maximum absolute atomic E-state index is 10.1. The maximum Gasteiger partial charge on any atom is 0.188 e. The molecule has 0 saturated carbocycles. The van der Waals surface area contributed by atoms with Gasteiger partial charge < -0.3 is 20.9 Å². The molecular formula is C16H21N3O2S. The summed E-state index contributed by atoms with van der Waals surface area (Å²) in [6.07, 6.45) is 0.208. The summed E-state index contributed by atoms with van der Waals surface area (Å²) >= 11 is 1.72. The minimum atomic E-state index is -0.701. The van der Waals surface area contributed by atoms with Crippen LogP contribution in [0.3, 0.4) is 0 Å². The van der Waals surface area contributed by atoms with Crippen LogP contribution < -0.4 is 15.8 Å². The molecule has 5 nitrogen and oxygen atoms in total. The number of benzene rings is 1. The third kappa shape index (κ3) is 5.05. The van der Waals surface area contributed by atoms with Crippen molar-refractivity contribution in [1.82, 2.24) is 5.32 Å². The van der Waals surface area contributed by atoms with Crippen molar-refractivity contribution in [3.63, 3.8) is 0 Å². The molecule has 1 atom stereocenters. The number of nitrogens with zero attached hydrogens (tertiary/aromatic N) is 1. The summed E-state index contributed by atoms with van der Waals surface area (Å²) in [5, 5.41) is 15.2. The molecule has 0 spiro atoms. The molecule has 1 heterocycles. The number of nitrogens with two attached hydrogens (primary N) is 1. The Morgan fingerprint density at radius 2 is 2.27 bits per heavy atom. The Bertz CT molecular complexity index is 599. The summed E-state index contributed by atoms with van der Waals surface area (Å²) in [7, 11) is 1.60. The normalized spacial score (nSPS) is 12.9. The van der Waals surface area contributed by atoms with Crippen LogP contribution in [0.4, 0.5) is 0 Å². The predicted octanol–water partition coefficient (Wildman–Crippen LogP) is 1.94. The highest BCUT2D eigenvalue weighted by Crippen LogP contribution is 2.19. The largest absolute Gasteiger partial charge is 0.497 e. The van der Waals surface area contributed by atoms with Crippen LogP contribution in [-0.4, -0.2) is 31.3 Å². The highest BCUT2D eigenvalue weighted by Gasteiger charge is 2.07. The first-order valence-corrected chi connectivity index (χ1v) is 7.95. The number of thiophene rings is 1. The lowest BCUT2D eigenvalue weighted by atomic mass is 10.1. The Morgan fingerprint density at radius 3 is 3.00 bits per heavy atom. The third-order valence-corrected chi connectivity index (χ3v) is 4.11. The highest BCUT2D eigenvalue weighted by atomic mass is 32.1. The van der Waals surface area contributed by atoms with E-state index >= 15 is 0 Å². The van der Waals surface area contributed by atoms with E-state index < -0.39 is 6.10 Å². The number of ether oxygens (including phenoxy) is 1. The van der Waals surface area contributed by atoms with Crippen LogP contribution in [0.5, 0.6) is 5.75 Å². The van der Waals surface area contributed by atoms with Crippen molar-refractivity contribution in [2.24, 2.45) is 10.7 Å². The first kappa shape index (κ1) is 16.3. The molecule has 0 amide bonds. The quantitative estimate of drug-likeness (QED) is 0.538. The van der Waals surface area contributed by atoms with Gasteiger partial charge in [0.05, 0.1) is 19.8 Å². The molecule has 0 bridgehead atoms. The number of rotatable bonds is 7. The summed E-state index contributed by atoms with van der Waals surface area (Å²) < 4.78 is 5.14. The number of aliphatic imine (C=N–C) groups is 1. The van der Waals surface area contributed by atoms with Gasteiger partial charge in [-0.3, -0.25) is 4.99 Å². The molecule has 6 heteroatoms. The Labute approximate surface area is 134 Å².